The second-order valence-corrected chi connectivity index (χ2v) is 4.95. The summed E-state index contributed by atoms with van der Waals surface area (Å²) in [6, 6.07) is 0. The smallest absolute Gasteiger partial charge is 0.380 e. The van der Waals surface area contributed by atoms with Crippen molar-refractivity contribution < 1.29 is 23.1 Å². The molecule has 0 aromatic rings. The Balaban J connectivity index is 2.59. The molecule has 1 aliphatic heterocycles. The van der Waals surface area contributed by atoms with Crippen LogP contribution in [0.25, 0.3) is 0 Å². The standard InChI is InChI=1S/C11H19F3N2O2/c1-15(2)9(17)8-16-6-3-4-10(18,5-7-16)11(12,13)14/h18H,3-8H2,1-2H3. The molecule has 1 heterocycles. The predicted molar refractivity (Wildman–Crippen MR) is 60.0 cm³/mol. The van der Waals surface area contributed by atoms with E-state index in [0.717, 1.165) is 0 Å². The van der Waals surface area contributed by atoms with Crippen LogP contribution in [0, 0.1) is 0 Å². The Bertz CT molecular complexity index is 307. The maximum Gasteiger partial charge on any atom is 0.417 e. The summed E-state index contributed by atoms with van der Waals surface area (Å²) in [5.41, 5.74) is -2.61. The van der Waals surface area contributed by atoms with Gasteiger partial charge in [-0.15, -0.1) is 0 Å². The summed E-state index contributed by atoms with van der Waals surface area (Å²) in [6.07, 6.45) is -5.05. The number of aliphatic hydroxyl groups is 1. The molecule has 1 unspecified atom stereocenters. The van der Waals surface area contributed by atoms with E-state index in [0.29, 0.717) is 6.54 Å². The van der Waals surface area contributed by atoms with Crippen LogP contribution >= 0.6 is 0 Å². The first-order valence-electron chi connectivity index (χ1n) is 5.87. The Morgan fingerprint density at radius 3 is 2.44 bits per heavy atom. The summed E-state index contributed by atoms with van der Waals surface area (Å²) in [7, 11) is 3.21. The van der Waals surface area contributed by atoms with Crippen molar-refractivity contribution in [2.45, 2.75) is 31.0 Å². The van der Waals surface area contributed by atoms with Gasteiger partial charge in [0.05, 0.1) is 6.54 Å². The summed E-state index contributed by atoms with van der Waals surface area (Å²) in [4.78, 5) is 14.5. The van der Waals surface area contributed by atoms with E-state index >= 15 is 0 Å². The minimum Gasteiger partial charge on any atom is -0.380 e. The van der Waals surface area contributed by atoms with Gasteiger partial charge in [-0.25, -0.2) is 0 Å². The molecule has 0 aromatic heterocycles. The number of amides is 1. The van der Waals surface area contributed by atoms with Crippen molar-refractivity contribution in [2.75, 3.05) is 33.7 Å². The molecule has 0 aromatic carbocycles. The van der Waals surface area contributed by atoms with Crippen LogP contribution in [0.15, 0.2) is 0 Å². The largest absolute Gasteiger partial charge is 0.417 e. The third-order valence-corrected chi connectivity index (χ3v) is 3.29. The number of halogens is 3. The number of likely N-dealkylation sites (tertiary alicyclic amines) is 1. The highest BCUT2D eigenvalue weighted by atomic mass is 19.4. The molecule has 1 saturated heterocycles. The molecule has 1 fully saturated rings. The van der Waals surface area contributed by atoms with Crippen LogP contribution < -0.4 is 0 Å². The molecule has 0 spiro atoms. The third-order valence-electron chi connectivity index (χ3n) is 3.29. The third kappa shape index (κ3) is 3.58. The minimum atomic E-state index is -4.60. The summed E-state index contributed by atoms with van der Waals surface area (Å²) in [5.74, 6) is -0.146. The van der Waals surface area contributed by atoms with E-state index in [9.17, 15) is 23.1 Å². The van der Waals surface area contributed by atoms with Gasteiger partial charge in [-0.1, -0.05) is 0 Å². The summed E-state index contributed by atoms with van der Waals surface area (Å²) < 4.78 is 38.0. The lowest BCUT2D eigenvalue weighted by atomic mass is 9.94. The van der Waals surface area contributed by atoms with E-state index in [1.165, 1.54) is 4.90 Å². The molecule has 1 aliphatic rings. The molecule has 0 aliphatic carbocycles. The Morgan fingerprint density at radius 1 is 1.33 bits per heavy atom. The minimum absolute atomic E-state index is 0.0790. The SMILES string of the molecule is CN(C)C(=O)CN1CCCC(O)(C(F)(F)F)CC1. The second-order valence-electron chi connectivity index (χ2n) is 4.95. The van der Waals surface area contributed by atoms with E-state index in [1.807, 2.05) is 0 Å². The van der Waals surface area contributed by atoms with Crippen LogP contribution in [0.1, 0.15) is 19.3 Å². The number of rotatable bonds is 2. The Labute approximate surface area is 104 Å². The Hall–Kier alpha value is -0.820. The zero-order valence-corrected chi connectivity index (χ0v) is 10.6. The van der Waals surface area contributed by atoms with Gasteiger partial charge in [-0.2, -0.15) is 13.2 Å². The molecule has 0 bridgehead atoms. The predicted octanol–water partition coefficient (Wildman–Crippen LogP) is 0.854. The zero-order chi connectivity index (χ0) is 14.0. The fraction of sp³-hybridized carbons (Fsp3) is 0.909. The van der Waals surface area contributed by atoms with Crippen molar-refractivity contribution in [3.63, 3.8) is 0 Å². The molecule has 18 heavy (non-hydrogen) atoms. The summed E-state index contributed by atoms with van der Waals surface area (Å²) in [6.45, 7) is 0.578. The number of hydrogen-bond acceptors (Lipinski definition) is 3. The molecule has 1 N–H and O–H groups in total. The van der Waals surface area contributed by atoms with Crippen LogP contribution in [0.4, 0.5) is 13.2 Å². The quantitative estimate of drug-likeness (QED) is 0.807. The van der Waals surface area contributed by atoms with Crippen molar-refractivity contribution in [2.24, 2.45) is 0 Å². The molecule has 0 saturated carbocycles. The second kappa shape index (κ2) is 5.44. The topological polar surface area (TPSA) is 43.8 Å². The van der Waals surface area contributed by atoms with E-state index in [2.05, 4.69) is 0 Å². The van der Waals surface area contributed by atoms with Gasteiger partial charge < -0.3 is 10.0 Å². The molecular weight excluding hydrogens is 249 g/mol. The molecule has 1 amide bonds. The van der Waals surface area contributed by atoms with E-state index in [-0.39, 0.29) is 38.3 Å². The van der Waals surface area contributed by atoms with Crippen LogP contribution in [0.2, 0.25) is 0 Å². The van der Waals surface area contributed by atoms with Gasteiger partial charge in [-0.05, 0) is 25.8 Å². The van der Waals surface area contributed by atoms with E-state index < -0.39 is 11.8 Å². The van der Waals surface area contributed by atoms with Gasteiger partial charge >= 0.3 is 6.18 Å². The van der Waals surface area contributed by atoms with Crippen molar-refractivity contribution in [3.8, 4) is 0 Å². The molecule has 1 atom stereocenters. The first kappa shape index (κ1) is 15.2. The highest BCUT2D eigenvalue weighted by molar-refractivity contribution is 5.77. The molecule has 4 nitrogen and oxygen atoms in total. The number of carbonyl (C=O) groups excluding carboxylic acids is 1. The monoisotopic (exact) mass is 268 g/mol. The maximum atomic E-state index is 12.7. The van der Waals surface area contributed by atoms with Crippen molar-refractivity contribution >= 4 is 5.91 Å². The zero-order valence-electron chi connectivity index (χ0n) is 10.6. The van der Waals surface area contributed by atoms with Gasteiger partial charge in [0.2, 0.25) is 5.91 Å². The fourth-order valence-corrected chi connectivity index (χ4v) is 1.95. The van der Waals surface area contributed by atoms with Crippen molar-refractivity contribution in [1.82, 2.24) is 9.80 Å². The van der Waals surface area contributed by atoms with Gasteiger partial charge in [0.15, 0.2) is 5.60 Å². The number of carbonyl (C=O) groups is 1. The molecule has 0 radical (unpaired) electrons. The first-order chi connectivity index (χ1) is 8.16. The average molecular weight is 268 g/mol. The lowest BCUT2D eigenvalue weighted by molar-refractivity contribution is -0.263. The summed E-state index contributed by atoms with van der Waals surface area (Å²) in [5, 5.41) is 9.60. The number of alkyl halides is 3. The average Bonchev–Trinajstić information content (AvgIpc) is 2.41. The Morgan fingerprint density at radius 2 is 1.94 bits per heavy atom. The first-order valence-corrected chi connectivity index (χ1v) is 5.87. The highest BCUT2D eigenvalue weighted by Crippen LogP contribution is 2.38. The molecular formula is C11H19F3N2O2. The fourth-order valence-electron chi connectivity index (χ4n) is 1.95. The van der Waals surface area contributed by atoms with Gasteiger partial charge in [-0.3, -0.25) is 9.69 Å². The number of likely N-dealkylation sites (N-methyl/N-ethyl adjacent to an activating group) is 1. The van der Waals surface area contributed by atoms with Crippen LogP contribution in [-0.2, 0) is 4.79 Å². The van der Waals surface area contributed by atoms with Crippen molar-refractivity contribution in [3.05, 3.63) is 0 Å². The lowest BCUT2D eigenvalue weighted by Gasteiger charge is -2.29. The maximum absolute atomic E-state index is 12.7. The van der Waals surface area contributed by atoms with E-state index in [1.54, 1.807) is 19.0 Å². The van der Waals surface area contributed by atoms with Crippen LogP contribution in [0.3, 0.4) is 0 Å². The normalized spacial score (nSPS) is 26.8. The van der Waals surface area contributed by atoms with Gasteiger partial charge in [0.25, 0.3) is 0 Å². The summed E-state index contributed by atoms with van der Waals surface area (Å²) >= 11 is 0. The van der Waals surface area contributed by atoms with Crippen molar-refractivity contribution in [1.29, 1.82) is 0 Å². The lowest BCUT2D eigenvalue weighted by Crippen LogP contribution is -2.46. The molecule has 1 rings (SSSR count). The number of hydrogen-bond donors (Lipinski definition) is 1. The molecule has 106 valence electrons. The highest BCUT2D eigenvalue weighted by Gasteiger charge is 2.53. The Kier molecular flexibility index (Phi) is 4.61. The molecule has 7 heteroatoms. The van der Waals surface area contributed by atoms with Crippen LogP contribution in [-0.4, -0.2) is 66.3 Å². The van der Waals surface area contributed by atoms with Crippen LogP contribution in [0.5, 0.6) is 0 Å². The van der Waals surface area contributed by atoms with E-state index in [4.69, 9.17) is 0 Å². The number of nitrogens with zero attached hydrogens (tertiary/aromatic N) is 2. The van der Waals surface area contributed by atoms with Gasteiger partial charge in [0, 0.05) is 20.6 Å². The van der Waals surface area contributed by atoms with Gasteiger partial charge in [0.1, 0.15) is 0 Å².